The number of methoxy groups -OCH3 is 1. The molecule has 9 heteroatoms. The van der Waals surface area contributed by atoms with Crippen LogP contribution in [-0.2, 0) is 4.74 Å². The molecule has 21 heavy (non-hydrogen) atoms. The molecule has 1 amide bonds. The van der Waals surface area contributed by atoms with Gasteiger partial charge in [-0.05, 0) is 0 Å². The Labute approximate surface area is 125 Å². The van der Waals surface area contributed by atoms with E-state index in [0.717, 1.165) is 4.90 Å². The van der Waals surface area contributed by atoms with Crippen molar-refractivity contribution in [3.63, 3.8) is 0 Å². The highest BCUT2D eigenvalue weighted by molar-refractivity contribution is 9.09. The lowest BCUT2D eigenvalue weighted by atomic mass is 10.1. The summed E-state index contributed by atoms with van der Waals surface area (Å²) in [6.45, 7) is 0.140. The molecule has 0 N–H and O–H groups in total. The lowest BCUT2D eigenvalue weighted by molar-refractivity contribution is 0.0771. The molecule has 1 rings (SSSR count). The summed E-state index contributed by atoms with van der Waals surface area (Å²) in [5.41, 5.74) is -1.48. The van der Waals surface area contributed by atoms with Crippen LogP contribution in [0.4, 0.5) is 22.0 Å². The minimum absolute atomic E-state index is 0.0494. The number of carbonyl (C=O) groups is 1. The number of benzene rings is 1. The van der Waals surface area contributed by atoms with Crippen molar-refractivity contribution in [1.29, 1.82) is 0 Å². The van der Waals surface area contributed by atoms with Gasteiger partial charge < -0.3 is 9.64 Å². The van der Waals surface area contributed by atoms with Gasteiger partial charge in [0.05, 0.1) is 11.4 Å². The molecule has 1 unspecified atom stereocenters. The summed E-state index contributed by atoms with van der Waals surface area (Å²) in [4.78, 5) is 12.3. The number of nitrogens with zero attached hydrogens (tertiary/aromatic N) is 1. The van der Waals surface area contributed by atoms with Crippen LogP contribution >= 0.6 is 15.9 Å². The predicted octanol–water partition coefficient (Wildman–Crippen LogP) is 2.86. The van der Waals surface area contributed by atoms with Crippen LogP contribution < -0.4 is 0 Å². The van der Waals surface area contributed by atoms with E-state index in [9.17, 15) is 26.7 Å². The first kappa shape index (κ1) is 17.8. The summed E-state index contributed by atoms with van der Waals surface area (Å²) in [6, 6.07) is 0. The van der Waals surface area contributed by atoms with Gasteiger partial charge in [-0.25, -0.2) is 22.0 Å². The fourth-order valence-electron chi connectivity index (χ4n) is 1.60. The molecule has 0 spiro atoms. The van der Waals surface area contributed by atoms with Crippen molar-refractivity contribution >= 4 is 21.8 Å². The van der Waals surface area contributed by atoms with Gasteiger partial charge in [-0.3, -0.25) is 4.79 Å². The molecule has 0 radical (unpaired) electrons. The van der Waals surface area contributed by atoms with E-state index in [2.05, 4.69) is 15.9 Å². The van der Waals surface area contributed by atoms with Crippen molar-refractivity contribution in [3.8, 4) is 0 Å². The van der Waals surface area contributed by atoms with Gasteiger partial charge in [-0.2, -0.15) is 0 Å². The first-order valence-corrected chi connectivity index (χ1v) is 6.53. The van der Waals surface area contributed by atoms with E-state index in [4.69, 9.17) is 4.74 Å². The summed E-state index contributed by atoms with van der Waals surface area (Å²) >= 11 is 3.14. The van der Waals surface area contributed by atoms with E-state index >= 15 is 0 Å². The lowest BCUT2D eigenvalue weighted by Gasteiger charge is -2.21. The number of carbonyl (C=O) groups excluding carboxylic acids is 1. The SMILES string of the molecule is COCC(Br)CN(C)C(=O)c1c(F)c(F)c(F)c(F)c1F. The summed E-state index contributed by atoms with van der Waals surface area (Å²) in [5, 5.41) is 0. The Kier molecular flexibility index (Phi) is 6.09. The third kappa shape index (κ3) is 3.70. The third-order valence-electron chi connectivity index (χ3n) is 2.59. The highest BCUT2D eigenvalue weighted by atomic mass is 79.9. The summed E-state index contributed by atoms with van der Waals surface area (Å²) in [6.07, 6.45) is 0. The quantitative estimate of drug-likeness (QED) is 0.342. The zero-order valence-corrected chi connectivity index (χ0v) is 12.6. The minimum Gasteiger partial charge on any atom is -0.383 e. The Balaban J connectivity index is 3.13. The molecule has 0 saturated heterocycles. The molecule has 0 aliphatic heterocycles. The van der Waals surface area contributed by atoms with Gasteiger partial charge in [0.15, 0.2) is 23.3 Å². The van der Waals surface area contributed by atoms with Gasteiger partial charge in [0.1, 0.15) is 5.56 Å². The van der Waals surface area contributed by atoms with Crippen molar-refractivity contribution in [2.45, 2.75) is 4.83 Å². The normalized spacial score (nSPS) is 12.4. The van der Waals surface area contributed by atoms with Crippen molar-refractivity contribution in [3.05, 3.63) is 34.6 Å². The summed E-state index contributed by atoms with van der Waals surface area (Å²) in [5.74, 6) is -12.2. The van der Waals surface area contributed by atoms with E-state index in [1.165, 1.54) is 14.2 Å². The van der Waals surface area contributed by atoms with Crippen LogP contribution in [0.5, 0.6) is 0 Å². The van der Waals surface area contributed by atoms with Gasteiger partial charge in [0, 0.05) is 20.7 Å². The van der Waals surface area contributed by atoms with Crippen LogP contribution in [0.1, 0.15) is 10.4 Å². The molecule has 3 nitrogen and oxygen atoms in total. The van der Waals surface area contributed by atoms with Crippen molar-refractivity contribution in [2.75, 3.05) is 27.3 Å². The minimum atomic E-state index is -2.30. The molecule has 118 valence electrons. The lowest BCUT2D eigenvalue weighted by Crippen LogP contribution is -2.35. The molecule has 0 aliphatic carbocycles. The highest BCUT2D eigenvalue weighted by Gasteiger charge is 2.31. The average Bonchev–Trinajstić information content (AvgIpc) is 2.43. The van der Waals surface area contributed by atoms with Crippen LogP contribution in [0, 0.1) is 29.1 Å². The Morgan fingerprint density at radius 3 is 1.95 bits per heavy atom. The van der Waals surface area contributed by atoms with E-state index in [-0.39, 0.29) is 18.0 Å². The second-order valence-electron chi connectivity index (χ2n) is 4.18. The first-order chi connectivity index (χ1) is 9.72. The number of amides is 1. The zero-order valence-electron chi connectivity index (χ0n) is 11.0. The van der Waals surface area contributed by atoms with Gasteiger partial charge in [0.25, 0.3) is 5.91 Å². The number of alkyl halides is 1. The fourth-order valence-corrected chi connectivity index (χ4v) is 2.30. The number of halogens is 6. The van der Waals surface area contributed by atoms with E-state index < -0.39 is 40.6 Å². The Hall–Kier alpha value is -1.22. The van der Waals surface area contributed by atoms with Crippen LogP contribution in [0.25, 0.3) is 0 Å². The van der Waals surface area contributed by atoms with Gasteiger partial charge in [-0.1, -0.05) is 15.9 Å². The van der Waals surface area contributed by atoms with E-state index in [1.807, 2.05) is 0 Å². The highest BCUT2D eigenvalue weighted by Crippen LogP contribution is 2.24. The number of hydrogen-bond donors (Lipinski definition) is 0. The van der Waals surface area contributed by atoms with E-state index in [1.54, 1.807) is 0 Å². The molecule has 1 atom stereocenters. The fraction of sp³-hybridized carbons (Fsp3) is 0.417. The van der Waals surface area contributed by atoms with Crippen molar-refractivity contribution < 1.29 is 31.5 Å². The molecule has 0 aliphatic rings. The largest absolute Gasteiger partial charge is 0.383 e. The number of hydrogen-bond acceptors (Lipinski definition) is 2. The maximum absolute atomic E-state index is 13.5. The zero-order chi connectivity index (χ0) is 16.3. The summed E-state index contributed by atoms with van der Waals surface area (Å²) < 4.78 is 70.8. The van der Waals surface area contributed by atoms with Crippen LogP contribution in [0.15, 0.2) is 0 Å². The number of rotatable bonds is 5. The smallest absolute Gasteiger partial charge is 0.259 e. The molecule has 0 aromatic heterocycles. The molecule has 0 bridgehead atoms. The third-order valence-corrected chi connectivity index (χ3v) is 3.14. The van der Waals surface area contributed by atoms with Crippen LogP contribution in [-0.4, -0.2) is 42.9 Å². The monoisotopic (exact) mass is 375 g/mol. The van der Waals surface area contributed by atoms with Crippen molar-refractivity contribution in [1.82, 2.24) is 4.90 Å². The molecular formula is C12H11BrF5NO2. The standard InChI is InChI=1S/C12H11BrF5NO2/c1-19(3-5(13)4-21-2)12(20)6-7(14)9(16)11(18)10(17)8(6)15/h5H,3-4H2,1-2H3. The first-order valence-electron chi connectivity index (χ1n) is 5.62. The Morgan fingerprint density at radius 1 is 1.10 bits per heavy atom. The molecule has 0 saturated carbocycles. The second kappa shape index (κ2) is 7.17. The van der Waals surface area contributed by atoms with Gasteiger partial charge in [0.2, 0.25) is 5.82 Å². The van der Waals surface area contributed by atoms with Crippen LogP contribution in [0.3, 0.4) is 0 Å². The van der Waals surface area contributed by atoms with Gasteiger partial charge >= 0.3 is 0 Å². The molecule has 0 heterocycles. The molecule has 0 fully saturated rings. The molecular weight excluding hydrogens is 365 g/mol. The topological polar surface area (TPSA) is 29.5 Å². The van der Waals surface area contributed by atoms with Gasteiger partial charge in [-0.15, -0.1) is 0 Å². The average molecular weight is 376 g/mol. The van der Waals surface area contributed by atoms with Crippen molar-refractivity contribution in [2.24, 2.45) is 0 Å². The molecule has 1 aromatic rings. The maximum atomic E-state index is 13.5. The molecule has 1 aromatic carbocycles. The van der Waals surface area contributed by atoms with E-state index in [0.29, 0.717) is 0 Å². The second-order valence-corrected chi connectivity index (χ2v) is 5.48. The van der Waals surface area contributed by atoms with Crippen LogP contribution in [0.2, 0.25) is 0 Å². The number of ether oxygens (including phenoxy) is 1. The Morgan fingerprint density at radius 2 is 1.52 bits per heavy atom. The summed E-state index contributed by atoms with van der Waals surface area (Å²) in [7, 11) is 2.57. The maximum Gasteiger partial charge on any atom is 0.259 e. The Bertz CT molecular complexity index is 526. The predicted molar refractivity (Wildman–Crippen MR) is 67.8 cm³/mol.